The van der Waals surface area contributed by atoms with E-state index in [-0.39, 0.29) is 0 Å². The highest BCUT2D eigenvalue weighted by molar-refractivity contribution is 7.19. The van der Waals surface area contributed by atoms with Crippen molar-refractivity contribution in [3.63, 3.8) is 0 Å². The summed E-state index contributed by atoms with van der Waals surface area (Å²) in [6, 6.07) is 8.65. The topological polar surface area (TPSA) is 68.1 Å². The van der Waals surface area contributed by atoms with Crippen LogP contribution in [-0.4, -0.2) is 51.0 Å². The van der Waals surface area contributed by atoms with E-state index in [1.165, 1.54) is 34.2 Å². The number of aromatic nitrogens is 4. The number of benzene rings is 1. The van der Waals surface area contributed by atoms with Gasteiger partial charge < -0.3 is 10.1 Å². The summed E-state index contributed by atoms with van der Waals surface area (Å²) < 4.78 is 7.36. The minimum atomic E-state index is 0.798. The molecule has 2 aliphatic rings. The Labute approximate surface area is 197 Å². The van der Waals surface area contributed by atoms with E-state index < -0.39 is 0 Å². The van der Waals surface area contributed by atoms with E-state index in [1.807, 2.05) is 35.3 Å². The Balaban J connectivity index is 1.22. The Morgan fingerprint density at radius 1 is 1.06 bits per heavy atom. The van der Waals surface area contributed by atoms with Crippen LogP contribution in [0.4, 0.5) is 11.5 Å². The van der Waals surface area contributed by atoms with Crippen molar-refractivity contribution in [2.75, 3.05) is 31.6 Å². The van der Waals surface area contributed by atoms with Crippen LogP contribution in [0.1, 0.15) is 34.7 Å². The van der Waals surface area contributed by atoms with Crippen LogP contribution in [0.25, 0.3) is 15.9 Å². The first-order chi connectivity index (χ1) is 16.2. The number of thiophene rings is 1. The summed E-state index contributed by atoms with van der Waals surface area (Å²) >= 11 is 1.83. The van der Waals surface area contributed by atoms with Crippen molar-refractivity contribution in [2.24, 2.45) is 0 Å². The summed E-state index contributed by atoms with van der Waals surface area (Å²) in [4.78, 5) is 14.5. The molecular weight excluding hydrogens is 432 g/mol. The summed E-state index contributed by atoms with van der Waals surface area (Å²) in [5, 5.41) is 9.32. The SMILES string of the molecule is Cc1nc(Nc2cnn(-c3ccc(CN4CCOCC4)cc3)c2)c2c3c(sc2n1)CCCC3. The Morgan fingerprint density at radius 2 is 1.88 bits per heavy atom. The van der Waals surface area contributed by atoms with E-state index >= 15 is 0 Å². The Bertz CT molecular complexity index is 1270. The quantitative estimate of drug-likeness (QED) is 0.468. The van der Waals surface area contributed by atoms with Gasteiger partial charge in [0.2, 0.25) is 0 Å². The number of nitrogens with one attached hydrogen (secondary N) is 1. The standard InChI is InChI=1S/C25H28N6OS/c1-17-27-24(23-21-4-2-3-5-22(21)33-25(23)28-17)29-19-14-26-31(16-19)20-8-6-18(7-9-20)15-30-10-12-32-13-11-30/h6-9,14,16H,2-5,10-13,15H2,1H3,(H,27,28,29). The van der Waals surface area contributed by atoms with Crippen LogP contribution >= 0.6 is 11.3 Å². The maximum atomic E-state index is 5.45. The van der Waals surface area contributed by atoms with E-state index in [1.54, 1.807) is 0 Å². The molecule has 0 spiro atoms. The summed E-state index contributed by atoms with van der Waals surface area (Å²) in [5.74, 6) is 1.70. The average molecular weight is 461 g/mol. The van der Waals surface area contributed by atoms with Crippen molar-refractivity contribution in [1.82, 2.24) is 24.6 Å². The fourth-order valence-electron chi connectivity index (χ4n) is 4.79. The van der Waals surface area contributed by atoms with Gasteiger partial charge in [-0.1, -0.05) is 12.1 Å². The lowest BCUT2D eigenvalue weighted by atomic mass is 9.97. The molecule has 1 N–H and O–H groups in total. The first-order valence-electron chi connectivity index (χ1n) is 11.7. The predicted molar refractivity (Wildman–Crippen MR) is 132 cm³/mol. The number of hydrogen-bond donors (Lipinski definition) is 1. The van der Waals surface area contributed by atoms with Crippen LogP contribution in [0.2, 0.25) is 0 Å². The number of nitrogens with zero attached hydrogens (tertiary/aromatic N) is 5. The fraction of sp³-hybridized carbons (Fsp3) is 0.400. The van der Waals surface area contributed by atoms with Crippen molar-refractivity contribution in [1.29, 1.82) is 0 Å². The second-order valence-electron chi connectivity index (χ2n) is 8.86. The van der Waals surface area contributed by atoms with Gasteiger partial charge in [0, 0.05) is 24.5 Å². The lowest BCUT2D eigenvalue weighted by Crippen LogP contribution is -2.35. The van der Waals surface area contributed by atoms with E-state index in [0.29, 0.717) is 0 Å². The number of morpholine rings is 1. The van der Waals surface area contributed by atoms with Crippen molar-refractivity contribution in [3.05, 3.63) is 58.5 Å². The van der Waals surface area contributed by atoms with E-state index in [4.69, 9.17) is 14.7 Å². The molecular formula is C25H28N6OS. The van der Waals surface area contributed by atoms with Gasteiger partial charge in [-0.05, 0) is 55.9 Å². The highest BCUT2D eigenvalue weighted by Gasteiger charge is 2.21. The van der Waals surface area contributed by atoms with Crippen LogP contribution in [0.5, 0.6) is 0 Å². The van der Waals surface area contributed by atoms with Crippen molar-refractivity contribution in [2.45, 2.75) is 39.2 Å². The molecule has 0 unspecified atom stereocenters. The third kappa shape index (κ3) is 4.26. The first-order valence-corrected chi connectivity index (χ1v) is 12.5. The largest absolute Gasteiger partial charge is 0.379 e. The number of ether oxygens (including phenoxy) is 1. The fourth-order valence-corrected chi connectivity index (χ4v) is 6.10. The van der Waals surface area contributed by atoms with Crippen LogP contribution < -0.4 is 5.32 Å². The molecule has 1 fully saturated rings. The highest BCUT2D eigenvalue weighted by Crippen LogP contribution is 2.39. The molecule has 4 aromatic rings. The van der Waals surface area contributed by atoms with Crippen molar-refractivity contribution in [3.8, 4) is 5.69 Å². The summed E-state index contributed by atoms with van der Waals surface area (Å²) in [5.41, 5.74) is 4.73. The van der Waals surface area contributed by atoms with Gasteiger partial charge in [-0.2, -0.15) is 5.10 Å². The molecule has 0 radical (unpaired) electrons. The van der Waals surface area contributed by atoms with Gasteiger partial charge in [0.15, 0.2) is 0 Å². The molecule has 1 aliphatic heterocycles. The van der Waals surface area contributed by atoms with Gasteiger partial charge in [0.1, 0.15) is 16.5 Å². The number of aryl methyl sites for hydroxylation is 3. The molecule has 0 amide bonds. The average Bonchev–Trinajstić information content (AvgIpc) is 3.44. The summed E-state index contributed by atoms with van der Waals surface area (Å²) in [6.45, 7) is 6.58. The second-order valence-corrected chi connectivity index (χ2v) is 9.95. The lowest BCUT2D eigenvalue weighted by Gasteiger charge is -2.26. The predicted octanol–water partition coefficient (Wildman–Crippen LogP) is 4.64. The molecule has 0 bridgehead atoms. The summed E-state index contributed by atoms with van der Waals surface area (Å²) in [6.07, 6.45) is 8.68. The number of fused-ring (bicyclic) bond motifs is 3. The van der Waals surface area contributed by atoms with Gasteiger partial charge >= 0.3 is 0 Å². The molecule has 0 saturated carbocycles. The smallest absolute Gasteiger partial charge is 0.143 e. The monoisotopic (exact) mass is 460 g/mol. The molecule has 7 nitrogen and oxygen atoms in total. The Kier molecular flexibility index (Phi) is 5.57. The summed E-state index contributed by atoms with van der Waals surface area (Å²) in [7, 11) is 0. The molecule has 1 aliphatic carbocycles. The third-order valence-electron chi connectivity index (χ3n) is 6.48. The molecule has 4 heterocycles. The van der Waals surface area contributed by atoms with E-state index in [2.05, 4.69) is 39.6 Å². The van der Waals surface area contributed by atoms with Gasteiger partial charge in [-0.3, -0.25) is 4.90 Å². The number of anilines is 2. The molecule has 1 aromatic carbocycles. The first kappa shape index (κ1) is 20.8. The van der Waals surface area contributed by atoms with Gasteiger partial charge in [-0.15, -0.1) is 11.3 Å². The van der Waals surface area contributed by atoms with Crippen molar-refractivity contribution >= 4 is 33.1 Å². The second kappa shape index (κ2) is 8.85. The number of rotatable bonds is 5. The minimum absolute atomic E-state index is 0.798. The Hall–Kier alpha value is -2.81. The molecule has 0 atom stereocenters. The van der Waals surface area contributed by atoms with Crippen LogP contribution in [0.15, 0.2) is 36.7 Å². The molecule has 33 heavy (non-hydrogen) atoms. The lowest BCUT2D eigenvalue weighted by molar-refractivity contribution is 0.0342. The van der Waals surface area contributed by atoms with Crippen LogP contribution in [-0.2, 0) is 24.1 Å². The van der Waals surface area contributed by atoms with E-state index in [0.717, 1.165) is 73.5 Å². The van der Waals surface area contributed by atoms with Crippen LogP contribution in [0.3, 0.4) is 0 Å². The molecule has 6 rings (SSSR count). The van der Waals surface area contributed by atoms with Crippen LogP contribution in [0, 0.1) is 6.92 Å². The molecule has 3 aromatic heterocycles. The highest BCUT2D eigenvalue weighted by atomic mass is 32.1. The van der Waals surface area contributed by atoms with Gasteiger partial charge in [0.25, 0.3) is 0 Å². The third-order valence-corrected chi connectivity index (χ3v) is 7.67. The maximum absolute atomic E-state index is 5.45. The van der Waals surface area contributed by atoms with Gasteiger partial charge in [-0.25, -0.2) is 14.6 Å². The van der Waals surface area contributed by atoms with Crippen molar-refractivity contribution < 1.29 is 4.74 Å². The zero-order valence-corrected chi connectivity index (χ0v) is 19.7. The molecule has 1 saturated heterocycles. The normalized spacial score (nSPS) is 16.8. The van der Waals surface area contributed by atoms with Gasteiger partial charge in [0.05, 0.1) is 42.4 Å². The Morgan fingerprint density at radius 3 is 2.73 bits per heavy atom. The number of hydrogen-bond acceptors (Lipinski definition) is 7. The van der Waals surface area contributed by atoms with E-state index in [9.17, 15) is 0 Å². The zero-order valence-electron chi connectivity index (χ0n) is 18.9. The molecule has 8 heteroatoms. The minimum Gasteiger partial charge on any atom is -0.379 e. The molecule has 170 valence electrons. The maximum Gasteiger partial charge on any atom is 0.143 e. The zero-order chi connectivity index (χ0) is 22.2.